The Morgan fingerprint density at radius 3 is 3.00 bits per heavy atom. The summed E-state index contributed by atoms with van der Waals surface area (Å²) in [6, 6.07) is 0. The summed E-state index contributed by atoms with van der Waals surface area (Å²) in [6.45, 7) is 1.96. The van der Waals surface area contributed by atoms with Gasteiger partial charge in [-0.25, -0.2) is 0 Å². The number of carbonyl (C=O) groups excluding carboxylic acids is 2. The highest BCUT2D eigenvalue weighted by atomic mass is 16.7. The van der Waals surface area contributed by atoms with Gasteiger partial charge in [-0.3, -0.25) is 9.59 Å². The SMILES string of the molecule is CC(=O)ON1CC=CC(=O)C1. The van der Waals surface area contributed by atoms with Crippen molar-refractivity contribution in [1.82, 2.24) is 5.06 Å². The van der Waals surface area contributed by atoms with E-state index in [2.05, 4.69) is 4.84 Å². The molecular formula is C7H9NO3. The van der Waals surface area contributed by atoms with Gasteiger partial charge < -0.3 is 4.84 Å². The molecule has 0 saturated heterocycles. The van der Waals surface area contributed by atoms with Crippen molar-refractivity contribution in [2.45, 2.75) is 6.92 Å². The Kier molecular flexibility index (Phi) is 2.38. The van der Waals surface area contributed by atoms with Gasteiger partial charge in [-0.15, -0.1) is 5.06 Å². The molecule has 0 aliphatic carbocycles. The van der Waals surface area contributed by atoms with Gasteiger partial charge in [0.05, 0.1) is 13.1 Å². The van der Waals surface area contributed by atoms with Crippen molar-refractivity contribution in [3.8, 4) is 0 Å². The maximum atomic E-state index is 10.7. The van der Waals surface area contributed by atoms with E-state index in [1.165, 1.54) is 18.1 Å². The molecular weight excluding hydrogens is 146 g/mol. The van der Waals surface area contributed by atoms with Crippen LogP contribution in [0.4, 0.5) is 0 Å². The normalized spacial score (nSPS) is 18.5. The molecule has 0 aromatic heterocycles. The summed E-state index contributed by atoms with van der Waals surface area (Å²) in [5.41, 5.74) is 0. The molecule has 4 nitrogen and oxygen atoms in total. The Balaban J connectivity index is 2.43. The van der Waals surface area contributed by atoms with Crippen molar-refractivity contribution in [1.29, 1.82) is 0 Å². The van der Waals surface area contributed by atoms with E-state index in [9.17, 15) is 9.59 Å². The van der Waals surface area contributed by atoms with Crippen LogP contribution in [0.5, 0.6) is 0 Å². The molecule has 0 unspecified atom stereocenters. The van der Waals surface area contributed by atoms with Gasteiger partial charge in [0.2, 0.25) is 0 Å². The first kappa shape index (κ1) is 7.94. The number of hydrogen-bond donors (Lipinski definition) is 0. The summed E-state index contributed by atoms with van der Waals surface area (Å²) in [5.74, 6) is -0.439. The van der Waals surface area contributed by atoms with Crippen LogP contribution in [-0.4, -0.2) is 29.9 Å². The quantitative estimate of drug-likeness (QED) is 0.530. The third-order valence-electron chi connectivity index (χ3n) is 1.20. The van der Waals surface area contributed by atoms with Gasteiger partial charge in [0.25, 0.3) is 0 Å². The predicted molar refractivity (Wildman–Crippen MR) is 37.5 cm³/mol. The minimum atomic E-state index is -0.395. The number of ketones is 1. The summed E-state index contributed by atoms with van der Waals surface area (Å²) in [7, 11) is 0. The summed E-state index contributed by atoms with van der Waals surface area (Å²) in [6.07, 6.45) is 3.15. The van der Waals surface area contributed by atoms with E-state index < -0.39 is 5.97 Å². The molecule has 1 aliphatic heterocycles. The van der Waals surface area contributed by atoms with Crippen LogP contribution in [0, 0.1) is 0 Å². The van der Waals surface area contributed by atoms with Crippen LogP contribution in [0.15, 0.2) is 12.2 Å². The van der Waals surface area contributed by atoms with E-state index in [4.69, 9.17) is 0 Å². The van der Waals surface area contributed by atoms with E-state index in [0.717, 1.165) is 0 Å². The van der Waals surface area contributed by atoms with Gasteiger partial charge in [-0.2, -0.15) is 0 Å². The van der Waals surface area contributed by atoms with E-state index in [1.807, 2.05) is 0 Å². The van der Waals surface area contributed by atoms with Gasteiger partial charge >= 0.3 is 5.97 Å². The summed E-state index contributed by atoms with van der Waals surface area (Å²) >= 11 is 0. The fourth-order valence-corrected chi connectivity index (χ4v) is 0.844. The molecule has 4 heteroatoms. The molecule has 0 N–H and O–H groups in total. The van der Waals surface area contributed by atoms with Crippen molar-refractivity contribution >= 4 is 11.8 Å². The standard InChI is InChI=1S/C7H9NO3/c1-6(9)11-8-4-2-3-7(10)5-8/h2-3H,4-5H2,1H3. The van der Waals surface area contributed by atoms with Crippen LogP contribution in [0.3, 0.4) is 0 Å². The average Bonchev–Trinajstić information content (AvgIpc) is 1.85. The average molecular weight is 155 g/mol. The van der Waals surface area contributed by atoms with E-state index >= 15 is 0 Å². The molecule has 0 spiro atoms. The smallest absolute Gasteiger partial charge is 0.322 e. The second-order valence-electron chi connectivity index (χ2n) is 2.27. The lowest BCUT2D eigenvalue weighted by molar-refractivity contribution is -0.185. The second kappa shape index (κ2) is 3.30. The molecule has 1 aliphatic rings. The van der Waals surface area contributed by atoms with E-state index in [1.54, 1.807) is 6.08 Å². The molecule has 0 amide bonds. The molecule has 1 heterocycles. The molecule has 60 valence electrons. The van der Waals surface area contributed by atoms with Gasteiger partial charge in [0.15, 0.2) is 5.78 Å². The summed E-state index contributed by atoms with van der Waals surface area (Å²) < 4.78 is 0. The fraction of sp³-hybridized carbons (Fsp3) is 0.429. The highest BCUT2D eigenvalue weighted by molar-refractivity contribution is 5.92. The minimum Gasteiger partial charge on any atom is -0.368 e. The maximum Gasteiger partial charge on any atom is 0.322 e. The second-order valence-corrected chi connectivity index (χ2v) is 2.27. The van der Waals surface area contributed by atoms with E-state index in [0.29, 0.717) is 6.54 Å². The van der Waals surface area contributed by atoms with Crippen LogP contribution in [-0.2, 0) is 14.4 Å². The van der Waals surface area contributed by atoms with Crippen molar-refractivity contribution in [3.63, 3.8) is 0 Å². The first-order chi connectivity index (χ1) is 5.18. The monoisotopic (exact) mass is 155 g/mol. The Morgan fingerprint density at radius 1 is 1.73 bits per heavy atom. The summed E-state index contributed by atoms with van der Waals surface area (Å²) in [5, 5.41) is 1.32. The Hall–Kier alpha value is -1.16. The molecule has 0 radical (unpaired) electrons. The first-order valence-corrected chi connectivity index (χ1v) is 3.31. The highest BCUT2D eigenvalue weighted by Gasteiger charge is 2.13. The number of rotatable bonds is 1. The number of hydroxylamine groups is 2. The van der Waals surface area contributed by atoms with Crippen LogP contribution >= 0.6 is 0 Å². The van der Waals surface area contributed by atoms with Crippen molar-refractivity contribution in [2.75, 3.05) is 13.1 Å². The topological polar surface area (TPSA) is 46.6 Å². The Labute approximate surface area is 64.4 Å². The fourth-order valence-electron chi connectivity index (χ4n) is 0.844. The molecule has 11 heavy (non-hydrogen) atoms. The van der Waals surface area contributed by atoms with Crippen LogP contribution in [0.25, 0.3) is 0 Å². The van der Waals surface area contributed by atoms with Crippen LogP contribution in [0.2, 0.25) is 0 Å². The van der Waals surface area contributed by atoms with Crippen molar-refractivity contribution in [2.24, 2.45) is 0 Å². The Bertz CT molecular complexity index is 210. The predicted octanol–water partition coefficient (Wildman–Crippen LogP) is -0.0946. The van der Waals surface area contributed by atoms with Gasteiger partial charge in [-0.1, -0.05) is 6.08 Å². The molecule has 1 rings (SSSR count). The maximum absolute atomic E-state index is 10.7. The zero-order valence-electron chi connectivity index (χ0n) is 6.24. The zero-order chi connectivity index (χ0) is 8.27. The van der Waals surface area contributed by atoms with Crippen molar-refractivity contribution < 1.29 is 14.4 Å². The molecule has 0 bridgehead atoms. The lowest BCUT2D eigenvalue weighted by Crippen LogP contribution is -2.34. The lowest BCUT2D eigenvalue weighted by Gasteiger charge is -2.19. The number of carbonyl (C=O) groups is 2. The largest absolute Gasteiger partial charge is 0.368 e. The van der Waals surface area contributed by atoms with Gasteiger partial charge in [0, 0.05) is 6.92 Å². The molecule has 0 fully saturated rings. The van der Waals surface area contributed by atoms with Crippen LogP contribution < -0.4 is 0 Å². The minimum absolute atomic E-state index is 0.0440. The number of hydrogen-bond acceptors (Lipinski definition) is 4. The number of nitrogens with zero attached hydrogens (tertiary/aromatic N) is 1. The molecule has 0 aromatic rings. The van der Waals surface area contributed by atoms with Gasteiger partial charge in [-0.05, 0) is 6.08 Å². The molecule has 0 aromatic carbocycles. The zero-order valence-corrected chi connectivity index (χ0v) is 6.24. The Morgan fingerprint density at radius 2 is 2.45 bits per heavy atom. The van der Waals surface area contributed by atoms with E-state index in [-0.39, 0.29) is 12.3 Å². The van der Waals surface area contributed by atoms with Gasteiger partial charge in [0.1, 0.15) is 0 Å². The third-order valence-corrected chi connectivity index (χ3v) is 1.20. The summed E-state index contributed by atoms with van der Waals surface area (Å²) in [4.78, 5) is 25.8. The lowest BCUT2D eigenvalue weighted by atomic mass is 10.3. The highest BCUT2D eigenvalue weighted by Crippen LogP contribution is 1.98. The molecule has 0 atom stereocenters. The van der Waals surface area contributed by atoms with Crippen molar-refractivity contribution in [3.05, 3.63) is 12.2 Å². The molecule has 0 saturated carbocycles. The van der Waals surface area contributed by atoms with Crippen LogP contribution in [0.1, 0.15) is 6.92 Å². The first-order valence-electron chi connectivity index (χ1n) is 3.31. The third kappa shape index (κ3) is 2.51.